The molecule has 6 nitrogen and oxygen atoms in total. The molecule has 2 aromatic carbocycles. The van der Waals surface area contributed by atoms with Gasteiger partial charge in [0, 0.05) is 11.1 Å². The number of H-pyrrole nitrogens is 1. The molecule has 136 valence electrons. The Morgan fingerprint density at radius 1 is 1.23 bits per heavy atom. The van der Waals surface area contributed by atoms with Crippen LogP contribution in [0.15, 0.2) is 48.7 Å². The van der Waals surface area contributed by atoms with Crippen molar-refractivity contribution >= 4 is 22.5 Å². The molecular formula is C17H14F3N3O3. The Morgan fingerprint density at radius 3 is 2.65 bits per heavy atom. The molecule has 0 bridgehead atoms. The Balaban J connectivity index is 1.55. The molecule has 1 amide bonds. The molecule has 26 heavy (non-hydrogen) atoms. The van der Waals surface area contributed by atoms with Crippen LogP contribution in [0, 0.1) is 0 Å². The van der Waals surface area contributed by atoms with Gasteiger partial charge in [-0.15, -0.1) is 0 Å². The molecular weight excluding hydrogens is 351 g/mol. The molecule has 3 N–H and O–H groups in total. The lowest BCUT2D eigenvalue weighted by Crippen LogP contribution is -2.32. The Kier molecular flexibility index (Phi) is 4.81. The van der Waals surface area contributed by atoms with Crippen LogP contribution in [-0.2, 0) is 11.0 Å². The number of alkyl halides is 3. The first-order valence-electron chi connectivity index (χ1n) is 7.55. The number of aliphatic hydroxyl groups is 1. The minimum absolute atomic E-state index is 0.115. The molecule has 3 rings (SSSR count). The van der Waals surface area contributed by atoms with Crippen LogP contribution in [0.4, 0.5) is 18.9 Å². The van der Waals surface area contributed by atoms with Crippen molar-refractivity contribution in [2.45, 2.75) is 12.3 Å². The number of aromatic amines is 1. The van der Waals surface area contributed by atoms with E-state index in [1.807, 2.05) is 0 Å². The van der Waals surface area contributed by atoms with E-state index in [2.05, 4.69) is 15.5 Å². The molecule has 1 heterocycles. The third kappa shape index (κ3) is 4.12. The molecule has 1 atom stereocenters. The average Bonchev–Trinajstić information content (AvgIpc) is 3.07. The summed E-state index contributed by atoms with van der Waals surface area (Å²) in [7, 11) is 0. The topological polar surface area (TPSA) is 87.2 Å². The van der Waals surface area contributed by atoms with Crippen LogP contribution in [-0.4, -0.2) is 33.9 Å². The number of halogens is 3. The number of ether oxygens (including phenoxy) is 1. The second-order valence-electron chi connectivity index (χ2n) is 5.51. The van der Waals surface area contributed by atoms with Gasteiger partial charge in [-0.25, -0.2) is 0 Å². The fraction of sp³-hybridized carbons (Fsp3) is 0.176. The number of carbonyl (C=O) groups excluding carboxylic acids is 1. The summed E-state index contributed by atoms with van der Waals surface area (Å²) in [6.07, 6.45) is -4.33. The summed E-state index contributed by atoms with van der Waals surface area (Å²) in [5.41, 5.74) is 0.462. The van der Waals surface area contributed by atoms with E-state index >= 15 is 0 Å². The highest BCUT2D eigenvalue weighted by molar-refractivity contribution is 5.96. The number of benzene rings is 2. The number of carbonyl (C=O) groups is 1. The molecule has 0 aliphatic rings. The van der Waals surface area contributed by atoms with Gasteiger partial charge in [0.1, 0.15) is 12.4 Å². The predicted octanol–water partition coefficient (Wildman–Crippen LogP) is 2.96. The standard InChI is InChI=1S/C17H14F3N3O3/c18-17(19,20)11-1-4-13(5-2-11)26-9-15(24)16(25)22-12-3-6-14-10(7-12)8-21-23-14/h1-8,15,24H,9H2,(H,21,23)(H,22,25)/t15-/m1/s1. The van der Waals surface area contributed by atoms with Gasteiger partial charge in [0.25, 0.3) is 5.91 Å². The van der Waals surface area contributed by atoms with Crippen LogP contribution >= 0.6 is 0 Å². The summed E-state index contributed by atoms with van der Waals surface area (Å²) in [6, 6.07) is 9.02. The van der Waals surface area contributed by atoms with Crippen LogP contribution < -0.4 is 10.1 Å². The zero-order valence-electron chi connectivity index (χ0n) is 13.2. The third-order valence-corrected chi connectivity index (χ3v) is 3.60. The maximum absolute atomic E-state index is 12.5. The van der Waals surface area contributed by atoms with E-state index in [1.165, 1.54) is 0 Å². The van der Waals surface area contributed by atoms with E-state index < -0.39 is 30.4 Å². The first kappa shape index (κ1) is 17.7. The Labute approximate surface area is 145 Å². The quantitative estimate of drug-likeness (QED) is 0.649. The number of anilines is 1. The molecule has 0 saturated carbocycles. The van der Waals surface area contributed by atoms with Crippen molar-refractivity contribution < 1.29 is 27.8 Å². The lowest BCUT2D eigenvalue weighted by atomic mass is 10.2. The second-order valence-corrected chi connectivity index (χ2v) is 5.51. The summed E-state index contributed by atoms with van der Waals surface area (Å²) in [5.74, 6) is -0.579. The maximum Gasteiger partial charge on any atom is 0.416 e. The van der Waals surface area contributed by atoms with Gasteiger partial charge in [0.05, 0.1) is 17.3 Å². The van der Waals surface area contributed by atoms with Crippen molar-refractivity contribution in [1.29, 1.82) is 0 Å². The molecule has 0 spiro atoms. The minimum Gasteiger partial charge on any atom is -0.490 e. The van der Waals surface area contributed by atoms with Gasteiger partial charge in [-0.2, -0.15) is 18.3 Å². The summed E-state index contributed by atoms with van der Waals surface area (Å²) in [4.78, 5) is 12.0. The highest BCUT2D eigenvalue weighted by Gasteiger charge is 2.30. The Hall–Kier alpha value is -3.07. The van der Waals surface area contributed by atoms with Crippen LogP contribution in [0.2, 0.25) is 0 Å². The van der Waals surface area contributed by atoms with Crippen LogP contribution in [0.3, 0.4) is 0 Å². The van der Waals surface area contributed by atoms with E-state index in [4.69, 9.17) is 4.74 Å². The molecule has 1 aromatic heterocycles. The number of nitrogens with zero attached hydrogens (tertiary/aromatic N) is 1. The summed E-state index contributed by atoms with van der Waals surface area (Å²) < 4.78 is 42.6. The fourth-order valence-corrected chi connectivity index (χ4v) is 2.24. The zero-order valence-corrected chi connectivity index (χ0v) is 13.2. The van der Waals surface area contributed by atoms with Crippen LogP contribution in [0.1, 0.15) is 5.56 Å². The molecule has 0 fully saturated rings. The van der Waals surface area contributed by atoms with Crippen molar-refractivity contribution in [2.75, 3.05) is 11.9 Å². The Morgan fingerprint density at radius 2 is 1.96 bits per heavy atom. The van der Waals surface area contributed by atoms with E-state index in [0.29, 0.717) is 5.69 Å². The molecule has 0 radical (unpaired) electrons. The third-order valence-electron chi connectivity index (χ3n) is 3.60. The number of fused-ring (bicyclic) bond motifs is 1. The summed E-state index contributed by atoms with van der Waals surface area (Å²) >= 11 is 0. The number of nitrogens with one attached hydrogen (secondary N) is 2. The molecule has 0 aliphatic carbocycles. The summed E-state index contributed by atoms with van der Waals surface area (Å²) in [5, 5.41) is 19.8. The van der Waals surface area contributed by atoms with Crippen molar-refractivity contribution in [3.8, 4) is 5.75 Å². The monoisotopic (exact) mass is 365 g/mol. The van der Waals surface area contributed by atoms with Crippen LogP contribution in [0.25, 0.3) is 10.9 Å². The van der Waals surface area contributed by atoms with Crippen molar-refractivity contribution in [3.05, 3.63) is 54.2 Å². The lowest BCUT2D eigenvalue weighted by Gasteiger charge is -2.13. The van der Waals surface area contributed by atoms with Gasteiger partial charge in [-0.1, -0.05) is 0 Å². The SMILES string of the molecule is O=C(Nc1ccc2[nH]ncc2c1)[C@H](O)COc1ccc(C(F)(F)F)cc1. The smallest absolute Gasteiger partial charge is 0.416 e. The van der Waals surface area contributed by atoms with Gasteiger partial charge in [-0.05, 0) is 42.5 Å². The van der Waals surface area contributed by atoms with Crippen molar-refractivity contribution in [1.82, 2.24) is 10.2 Å². The van der Waals surface area contributed by atoms with Crippen LogP contribution in [0.5, 0.6) is 5.75 Å². The predicted molar refractivity (Wildman–Crippen MR) is 87.7 cm³/mol. The number of amides is 1. The average molecular weight is 365 g/mol. The molecule has 3 aromatic rings. The van der Waals surface area contributed by atoms with Gasteiger partial charge in [0.2, 0.25) is 0 Å². The van der Waals surface area contributed by atoms with E-state index in [1.54, 1.807) is 24.4 Å². The van der Waals surface area contributed by atoms with Gasteiger partial charge >= 0.3 is 6.18 Å². The first-order valence-corrected chi connectivity index (χ1v) is 7.55. The van der Waals surface area contributed by atoms with E-state index in [0.717, 1.165) is 35.2 Å². The number of aromatic nitrogens is 2. The van der Waals surface area contributed by atoms with Gasteiger partial charge in [-0.3, -0.25) is 9.89 Å². The lowest BCUT2D eigenvalue weighted by molar-refractivity contribution is -0.137. The number of hydrogen-bond donors (Lipinski definition) is 3. The fourth-order valence-electron chi connectivity index (χ4n) is 2.24. The minimum atomic E-state index is -4.44. The number of rotatable bonds is 5. The number of hydrogen-bond acceptors (Lipinski definition) is 4. The highest BCUT2D eigenvalue weighted by atomic mass is 19.4. The van der Waals surface area contributed by atoms with Gasteiger partial charge < -0.3 is 15.2 Å². The highest BCUT2D eigenvalue weighted by Crippen LogP contribution is 2.30. The largest absolute Gasteiger partial charge is 0.490 e. The van der Waals surface area contributed by atoms with Crippen molar-refractivity contribution in [2.24, 2.45) is 0 Å². The maximum atomic E-state index is 12.5. The zero-order chi connectivity index (χ0) is 18.7. The molecule has 0 unspecified atom stereocenters. The summed E-state index contributed by atoms with van der Waals surface area (Å²) in [6.45, 7) is -0.398. The number of aliphatic hydroxyl groups excluding tert-OH is 1. The second kappa shape index (κ2) is 7.04. The molecule has 0 saturated heterocycles. The van der Waals surface area contributed by atoms with E-state index in [-0.39, 0.29) is 5.75 Å². The molecule has 9 heteroatoms. The van der Waals surface area contributed by atoms with Crippen molar-refractivity contribution in [3.63, 3.8) is 0 Å². The Bertz CT molecular complexity index is 907. The molecule has 0 aliphatic heterocycles. The first-order chi connectivity index (χ1) is 12.3. The normalized spacial score (nSPS) is 12.8. The van der Waals surface area contributed by atoms with Gasteiger partial charge in [0.15, 0.2) is 6.10 Å². The van der Waals surface area contributed by atoms with E-state index in [9.17, 15) is 23.1 Å².